The first-order valence-corrected chi connectivity index (χ1v) is 11.9. The van der Waals surface area contributed by atoms with Crippen molar-refractivity contribution in [2.75, 3.05) is 44.6 Å². The Bertz CT molecular complexity index is 1170. The summed E-state index contributed by atoms with van der Waals surface area (Å²) >= 11 is 7.27. The number of benzene rings is 2. The molecule has 0 spiro atoms. The maximum Gasteiger partial charge on any atom is 0.271 e. The van der Waals surface area contributed by atoms with Crippen LogP contribution >= 0.6 is 23.1 Å². The van der Waals surface area contributed by atoms with Crippen molar-refractivity contribution >= 4 is 39.7 Å². The molecule has 5 N–H and O–H groups in total. The van der Waals surface area contributed by atoms with Crippen molar-refractivity contribution in [2.24, 2.45) is 10.7 Å². The van der Waals surface area contributed by atoms with Crippen molar-refractivity contribution in [3.63, 3.8) is 0 Å². The van der Waals surface area contributed by atoms with Crippen LogP contribution in [0.1, 0.15) is 11.1 Å². The molecule has 0 unspecified atom stereocenters. The summed E-state index contributed by atoms with van der Waals surface area (Å²) in [6, 6.07) is 13.0. The third kappa shape index (κ3) is 6.14. The highest BCUT2D eigenvalue weighted by molar-refractivity contribution is 7.10. The van der Waals surface area contributed by atoms with Gasteiger partial charge in [-0.15, -0.1) is 0 Å². The van der Waals surface area contributed by atoms with Crippen LogP contribution in [0.5, 0.6) is 11.5 Å². The van der Waals surface area contributed by atoms with Crippen molar-refractivity contribution in [2.45, 2.75) is 6.92 Å². The average molecular weight is 487 g/mol. The van der Waals surface area contributed by atoms with Crippen LogP contribution in [0.3, 0.4) is 0 Å². The predicted molar refractivity (Wildman–Crippen MR) is 136 cm³/mol. The molecule has 4 rings (SSSR count). The summed E-state index contributed by atoms with van der Waals surface area (Å²) in [5.74, 6) is 1.63. The molecule has 1 saturated heterocycles. The molecular formula is C23H27ClN6O2S. The Kier molecular flexibility index (Phi) is 7.66. The average Bonchev–Trinajstić information content (AvgIpc) is 3.18. The number of nitrogens with two attached hydrogens (primary N) is 1. The molecule has 0 saturated carbocycles. The Morgan fingerprint density at radius 2 is 2.00 bits per heavy atom. The van der Waals surface area contributed by atoms with Crippen molar-refractivity contribution in [1.82, 2.24) is 14.6 Å². The summed E-state index contributed by atoms with van der Waals surface area (Å²) in [5, 5.41) is 7.83. The van der Waals surface area contributed by atoms with Gasteiger partial charge in [-0.25, -0.2) is 0 Å². The molecule has 3 aromatic rings. The Morgan fingerprint density at radius 3 is 2.76 bits per heavy atom. The lowest BCUT2D eigenvalue weighted by Gasteiger charge is -2.26. The van der Waals surface area contributed by atoms with E-state index < -0.39 is 0 Å². The van der Waals surface area contributed by atoms with Crippen LogP contribution in [0, 0.1) is 6.92 Å². The van der Waals surface area contributed by atoms with E-state index in [-0.39, 0.29) is 11.4 Å². The number of piperazine rings is 1. The number of ether oxygens (including phenoxy) is 1. The standard InChI is InChI=1S/C23H27ClN6O2S/c1-15-2-3-16(24)14-19(15)32-18-6-4-17(5-7-18)28-23-20(22(31)29-33-23)21(25)27-10-13-30-11-8-26-9-12-30/h2-7,14,26,28H,8-13H2,1H3,(H2,25,27)(H,29,31). The number of hydrogen-bond acceptors (Lipinski definition) is 7. The summed E-state index contributed by atoms with van der Waals surface area (Å²) in [6.45, 7) is 7.30. The van der Waals surface area contributed by atoms with Gasteiger partial charge in [-0.3, -0.25) is 19.1 Å². The number of H-pyrrole nitrogens is 1. The Morgan fingerprint density at radius 1 is 1.24 bits per heavy atom. The molecular weight excluding hydrogens is 460 g/mol. The van der Waals surface area contributed by atoms with Crippen molar-refractivity contribution in [1.29, 1.82) is 0 Å². The van der Waals surface area contributed by atoms with Crippen molar-refractivity contribution in [3.05, 3.63) is 69.0 Å². The first-order chi connectivity index (χ1) is 16.0. The number of rotatable bonds is 8. The largest absolute Gasteiger partial charge is 0.457 e. The molecule has 1 aliphatic heterocycles. The van der Waals surface area contributed by atoms with Crippen LogP contribution in [-0.4, -0.2) is 54.4 Å². The minimum atomic E-state index is -0.248. The fourth-order valence-electron chi connectivity index (χ4n) is 3.50. The highest BCUT2D eigenvalue weighted by Crippen LogP contribution is 2.30. The van der Waals surface area contributed by atoms with Crippen molar-refractivity contribution in [3.8, 4) is 11.5 Å². The second-order valence-electron chi connectivity index (χ2n) is 7.76. The van der Waals surface area contributed by atoms with E-state index in [0.29, 0.717) is 33.6 Å². The second kappa shape index (κ2) is 10.8. The van der Waals surface area contributed by atoms with Gasteiger partial charge in [-0.1, -0.05) is 17.7 Å². The minimum absolute atomic E-state index is 0.242. The van der Waals surface area contributed by atoms with E-state index >= 15 is 0 Å². The number of halogens is 1. The van der Waals surface area contributed by atoms with E-state index in [1.54, 1.807) is 6.07 Å². The lowest BCUT2D eigenvalue weighted by atomic mass is 10.2. The van der Waals surface area contributed by atoms with Gasteiger partial charge in [-0.2, -0.15) is 0 Å². The maximum absolute atomic E-state index is 12.4. The number of amidine groups is 1. The zero-order chi connectivity index (χ0) is 23.2. The van der Waals surface area contributed by atoms with Crippen LogP contribution in [0.15, 0.2) is 52.3 Å². The highest BCUT2D eigenvalue weighted by atomic mass is 35.5. The molecule has 0 atom stereocenters. The summed E-state index contributed by atoms with van der Waals surface area (Å²) in [5.41, 5.74) is 8.10. The normalized spacial score (nSPS) is 14.9. The van der Waals surface area contributed by atoms with Gasteiger partial charge in [0.2, 0.25) is 0 Å². The Balaban J connectivity index is 1.41. The fraction of sp³-hybridized carbons (Fsp3) is 0.304. The molecule has 2 aromatic carbocycles. The first-order valence-electron chi connectivity index (χ1n) is 10.8. The molecule has 0 aliphatic carbocycles. The molecule has 174 valence electrons. The molecule has 2 heterocycles. The van der Waals surface area contributed by atoms with Gasteiger partial charge >= 0.3 is 0 Å². The van der Waals surface area contributed by atoms with E-state index in [4.69, 9.17) is 22.1 Å². The molecule has 0 bridgehead atoms. The molecule has 33 heavy (non-hydrogen) atoms. The van der Waals surface area contributed by atoms with Gasteiger partial charge in [0.05, 0.1) is 6.54 Å². The second-order valence-corrected chi connectivity index (χ2v) is 9.01. The quantitative estimate of drug-likeness (QED) is 0.286. The molecule has 1 fully saturated rings. The number of aromatic amines is 1. The van der Waals surface area contributed by atoms with Gasteiger partial charge in [0.15, 0.2) is 0 Å². The summed E-state index contributed by atoms with van der Waals surface area (Å²) < 4.78 is 8.68. The van der Waals surface area contributed by atoms with Crippen LogP contribution in [0.25, 0.3) is 0 Å². The number of aryl methyl sites for hydroxylation is 1. The maximum atomic E-state index is 12.4. The van der Waals surface area contributed by atoms with Crippen LogP contribution in [-0.2, 0) is 0 Å². The topological polar surface area (TPSA) is 108 Å². The van der Waals surface area contributed by atoms with Crippen LogP contribution < -0.4 is 26.7 Å². The fourth-order valence-corrected chi connectivity index (χ4v) is 4.42. The molecule has 1 aromatic heterocycles. The van der Waals surface area contributed by atoms with Gasteiger partial charge in [0.25, 0.3) is 5.56 Å². The smallest absolute Gasteiger partial charge is 0.271 e. The van der Waals surface area contributed by atoms with Gasteiger partial charge < -0.3 is 21.1 Å². The zero-order valence-corrected chi connectivity index (χ0v) is 19.9. The third-order valence-corrected chi connectivity index (χ3v) is 6.39. The highest BCUT2D eigenvalue weighted by Gasteiger charge is 2.15. The number of anilines is 2. The lowest BCUT2D eigenvalue weighted by Crippen LogP contribution is -2.44. The predicted octanol–water partition coefficient (Wildman–Crippen LogP) is 3.54. The minimum Gasteiger partial charge on any atom is -0.457 e. The Hall–Kier alpha value is -2.85. The van der Waals surface area contributed by atoms with Crippen LogP contribution in [0.4, 0.5) is 10.7 Å². The molecule has 0 radical (unpaired) electrons. The van der Waals surface area contributed by atoms with E-state index in [1.807, 2.05) is 43.3 Å². The third-order valence-electron chi connectivity index (χ3n) is 5.35. The molecule has 10 heteroatoms. The lowest BCUT2D eigenvalue weighted by molar-refractivity contribution is 0.247. The molecule has 8 nitrogen and oxygen atoms in total. The number of nitrogens with zero attached hydrogens (tertiary/aromatic N) is 2. The van der Waals surface area contributed by atoms with Crippen LogP contribution in [0.2, 0.25) is 5.02 Å². The summed E-state index contributed by atoms with van der Waals surface area (Å²) in [4.78, 5) is 19.1. The number of aliphatic imine (C=N–C) groups is 1. The van der Waals surface area contributed by atoms with Gasteiger partial charge in [-0.05, 0) is 60.4 Å². The van der Waals surface area contributed by atoms with E-state index in [9.17, 15) is 4.79 Å². The first kappa shape index (κ1) is 23.3. The van der Waals surface area contributed by atoms with E-state index in [0.717, 1.165) is 44.0 Å². The summed E-state index contributed by atoms with van der Waals surface area (Å²) in [7, 11) is 0. The monoisotopic (exact) mass is 486 g/mol. The van der Waals surface area contributed by atoms with Crippen molar-refractivity contribution < 1.29 is 4.74 Å². The number of aromatic nitrogens is 1. The SMILES string of the molecule is Cc1ccc(Cl)cc1Oc1ccc(Nc2s[nH]c(=O)c2C(N)=NCCN2CCNCC2)cc1. The Labute approximate surface area is 201 Å². The summed E-state index contributed by atoms with van der Waals surface area (Å²) in [6.07, 6.45) is 0. The molecule has 1 aliphatic rings. The number of hydrogen-bond donors (Lipinski definition) is 4. The van der Waals surface area contributed by atoms with Gasteiger partial charge in [0, 0.05) is 43.4 Å². The zero-order valence-electron chi connectivity index (χ0n) is 18.4. The van der Waals surface area contributed by atoms with E-state index in [1.165, 1.54) is 11.5 Å². The van der Waals surface area contributed by atoms with E-state index in [2.05, 4.69) is 24.9 Å². The van der Waals surface area contributed by atoms with Gasteiger partial charge in [0.1, 0.15) is 27.9 Å². The molecule has 0 amide bonds. The number of nitrogens with one attached hydrogen (secondary N) is 3.